The summed E-state index contributed by atoms with van der Waals surface area (Å²) in [5.74, 6) is 0.806. The van der Waals surface area contributed by atoms with Crippen molar-refractivity contribution in [3.8, 4) is 12.3 Å². The molecule has 1 aromatic heterocycles. The molecule has 2 fully saturated rings. The summed E-state index contributed by atoms with van der Waals surface area (Å²) in [6.07, 6.45) is 9.40. The van der Waals surface area contributed by atoms with Crippen molar-refractivity contribution in [2.24, 2.45) is 17.3 Å². The van der Waals surface area contributed by atoms with Gasteiger partial charge in [-0.25, -0.2) is 0 Å². The van der Waals surface area contributed by atoms with Gasteiger partial charge in [-0.05, 0) is 62.8 Å². The van der Waals surface area contributed by atoms with Crippen molar-refractivity contribution in [2.75, 3.05) is 0 Å². The third kappa shape index (κ3) is 7.31. The number of cyclic esters (lactones) is 1. The number of aliphatic hydroxyl groups is 2. The molecule has 0 amide bonds. The van der Waals surface area contributed by atoms with Crippen molar-refractivity contribution in [1.82, 2.24) is 4.98 Å². The van der Waals surface area contributed by atoms with Crippen LogP contribution in [0.3, 0.4) is 0 Å². The van der Waals surface area contributed by atoms with E-state index in [1.165, 1.54) is 0 Å². The molecule has 0 aliphatic carbocycles. The van der Waals surface area contributed by atoms with Crippen molar-refractivity contribution in [3.63, 3.8) is 0 Å². The number of hydrogen-bond donors (Lipinski definition) is 2. The highest BCUT2D eigenvalue weighted by molar-refractivity contribution is 5.88. The largest absolute Gasteiger partial charge is 0.458 e. The smallest absolute Gasteiger partial charge is 0.309 e. The Hall–Kier alpha value is -2.53. The maximum absolute atomic E-state index is 13.6. The Morgan fingerprint density at radius 3 is 2.66 bits per heavy atom. The summed E-state index contributed by atoms with van der Waals surface area (Å²) < 4.78 is 12.0. The Balaban J connectivity index is 1.89. The summed E-state index contributed by atoms with van der Waals surface area (Å²) in [6, 6.07) is 5.61. The molecule has 1 aromatic rings. The fourth-order valence-corrected chi connectivity index (χ4v) is 5.42. The van der Waals surface area contributed by atoms with Gasteiger partial charge in [-0.15, -0.1) is 12.3 Å². The summed E-state index contributed by atoms with van der Waals surface area (Å²) >= 11 is 0. The first-order chi connectivity index (χ1) is 17.9. The number of hydrogen-bond acceptors (Lipinski definition) is 7. The van der Waals surface area contributed by atoms with E-state index < -0.39 is 35.6 Å². The zero-order valence-electron chi connectivity index (χ0n) is 23.4. The van der Waals surface area contributed by atoms with Crippen LogP contribution < -0.4 is 0 Å². The fraction of sp³-hybridized carbons (Fsp3) is 0.645. The molecule has 0 bridgehead atoms. The number of epoxide rings is 1. The molecule has 2 N–H and O–H groups in total. The molecule has 7 heteroatoms. The molecule has 0 radical (unpaired) electrons. The van der Waals surface area contributed by atoms with Crippen LogP contribution in [0.25, 0.3) is 6.08 Å². The number of esters is 1. The van der Waals surface area contributed by atoms with E-state index in [4.69, 9.17) is 15.9 Å². The van der Waals surface area contributed by atoms with Gasteiger partial charge in [-0.1, -0.05) is 33.3 Å². The number of ether oxygens (including phenoxy) is 2. The molecular weight excluding hydrogens is 482 g/mol. The lowest BCUT2D eigenvalue weighted by Gasteiger charge is -2.36. The van der Waals surface area contributed by atoms with Gasteiger partial charge in [-0.3, -0.25) is 14.6 Å². The fourth-order valence-electron chi connectivity index (χ4n) is 5.42. The summed E-state index contributed by atoms with van der Waals surface area (Å²) in [5, 5.41) is 22.2. The number of Topliss-reactive ketones (excluding diaryl/α,β-unsaturated/α-hetero) is 1. The van der Waals surface area contributed by atoms with Crippen LogP contribution >= 0.6 is 0 Å². The van der Waals surface area contributed by atoms with Crippen LogP contribution in [-0.2, 0) is 19.1 Å². The van der Waals surface area contributed by atoms with Crippen molar-refractivity contribution in [2.45, 2.75) is 110 Å². The molecule has 2 aliphatic rings. The van der Waals surface area contributed by atoms with Crippen molar-refractivity contribution < 1.29 is 29.3 Å². The lowest BCUT2D eigenvalue weighted by Crippen LogP contribution is -2.46. The van der Waals surface area contributed by atoms with E-state index >= 15 is 0 Å². The van der Waals surface area contributed by atoms with E-state index in [9.17, 15) is 19.8 Å². The van der Waals surface area contributed by atoms with Crippen molar-refractivity contribution >= 4 is 17.8 Å². The number of aromatic nitrogens is 1. The van der Waals surface area contributed by atoms with E-state index in [1.54, 1.807) is 20.0 Å². The van der Waals surface area contributed by atoms with E-state index in [1.807, 2.05) is 38.1 Å². The van der Waals surface area contributed by atoms with Crippen molar-refractivity contribution in [1.29, 1.82) is 0 Å². The Morgan fingerprint density at radius 1 is 1.26 bits per heavy atom. The number of nitrogens with zero attached hydrogens (tertiary/aromatic N) is 1. The summed E-state index contributed by atoms with van der Waals surface area (Å²) in [5.41, 5.74) is -0.0302. The zero-order chi connectivity index (χ0) is 28.1. The average molecular weight is 526 g/mol. The molecule has 0 spiro atoms. The predicted octanol–water partition coefficient (Wildman–Crippen LogP) is 4.50. The molecule has 2 aliphatic heterocycles. The maximum Gasteiger partial charge on any atom is 0.309 e. The topological polar surface area (TPSA) is 109 Å². The number of terminal acetylenes is 1. The number of pyridine rings is 1. The van der Waals surface area contributed by atoms with Gasteiger partial charge in [0.1, 0.15) is 11.9 Å². The van der Waals surface area contributed by atoms with Gasteiger partial charge in [0.15, 0.2) is 0 Å². The van der Waals surface area contributed by atoms with Gasteiger partial charge < -0.3 is 19.7 Å². The van der Waals surface area contributed by atoms with Crippen LogP contribution in [0.2, 0.25) is 0 Å². The predicted molar refractivity (Wildman–Crippen MR) is 146 cm³/mol. The summed E-state index contributed by atoms with van der Waals surface area (Å²) in [6.45, 7) is 9.13. The second kappa shape index (κ2) is 12.5. The van der Waals surface area contributed by atoms with Crippen LogP contribution in [0, 0.1) is 29.6 Å². The lowest BCUT2D eigenvalue weighted by molar-refractivity contribution is -0.154. The number of fused-ring (bicyclic) bond motifs is 1. The van der Waals surface area contributed by atoms with Crippen LogP contribution in [0.1, 0.15) is 85.3 Å². The lowest BCUT2D eigenvalue weighted by atomic mass is 9.71. The van der Waals surface area contributed by atoms with E-state index in [0.717, 1.165) is 30.5 Å². The molecule has 7 nitrogen and oxygen atoms in total. The van der Waals surface area contributed by atoms with Gasteiger partial charge in [0.2, 0.25) is 0 Å². The standard InChI is InChI=1S/C31H43NO6/c1-7-8-14-23-28(35)20(2)12-11-15-31(6)26(38-31)18-24(21(3)17-22-13-9-10-16-32-22)37-27(34)19-25(33)30(4,5)29(23)36/h1,9-10,13,16-17,20,23-26,28,33,35H,8,11-12,14-15,18-19H2,2-6H3/b21-17+/t20-,23-,24+,25-,26-,28+,31-/m1/s1. The summed E-state index contributed by atoms with van der Waals surface area (Å²) in [7, 11) is 0. The minimum atomic E-state index is -1.28. The SMILES string of the molecule is C#CCC[C@H]1C(=O)C(C)(C)[C@H](O)CC(=O)O[C@H](/C(C)=C/c2ccccn2)C[C@H]2O[C@]2(C)CCC[C@@H](C)[C@@H]1O. The molecule has 0 aromatic carbocycles. The number of carbonyl (C=O) groups excluding carboxylic acids is 2. The number of rotatable bonds is 4. The Labute approximate surface area is 227 Å². The monoisotopic (exact) mass is 525 g/mol. The third-order valence-electron chi connectivity index (χ3n) is 8.40. The molecule has 7 atom stereocenters. The quantitative estimate of drug-likeness (QED) is 0.338. The zero-order valence-corrected chi connectivity index (χ0v) is 23.4. The average Bonchev–Trinajstić information content (AvgIpc) is 3.51. The first-order valence-electron chi connectivity index (χ1n) is 13.7. The van der Waals surface area contributed by atoms with E-state index in [0.29, 0.717) is 19.3 Å². The second-order valence-electron chi connectivity index (χ2n) is 11.8. The van der Waals surface area contributed by atoms with Gasteiger partial charge >= 0.3 is 5.97 Å². The Bertz CT molecular complexity index is 1040. The molecule has 3 rings (SSSR count). The molecule has 3 heterocycles. The van der Waals surface area contributed by atoms with Crippen LogP contribution in [0.15, 0.2) is 30.0 Å². The van der Waals surface area contributed by atoms with Gasteiger partial charge in [0.25, 0.3) is 0 Å². The Kier molecular flexibility index (Phi) is 9.91. The van der Waals surface area contributed by atoms with Gasteiger partial charge in [-0.2, -0.15) is 0 Å². The molecule has 38 heavy (non-hydrogen) atoms. The molecule has 2 saturated heterocycles. The van der Waals surface area contributed by atoms with Crippen molar-refractivity contribution in [3.05, 3.63) is 35.7 Å². The number of aliphatic hydroxyl groups excluding tert-OH is 2. The Morgan fingerprint density at radius 2 is 2.00 bits per heavy atom. The maximum atomic E-state index is 13.6. The normalized spacial score (nSPS) is 35.1. The molecule has 208 valence electrons. The first kappa shape index (κ1) is 30.0. The first-order valence-corrected chi connectivity index (χ1v) is 13.7. The highest BCUT2D eigenvalue weighted by Gasteiger charge is 2.53. The van der Waals surface area contributed by atoms with E-state index in [-0.39, 0.29) is 29.8 Å². The molecule has 0 unspecified atom stereocenters. The van der Waals surface area contributed by atoms with E-state index in [2.05, 4.69) is 17.8 Å². The second-order valence-corrected chi connectivity index (χ2v) is 11.8. The van der Waals surface area contributed by atoms with Crippen LogP contribution in [-0.4, -0.2) is 57.0 Å². The molecular formula is C31H43NO6. The van der Waals surface area contributed by atoms with Crippen LogP contribution in [0.4, 0.5) is 0 Å². The molecule has 0 saturated carbocycles. The summed E-state index contributed by atoms with van der Waals surface area (Å²) in [4.78, 5) is 31.1. The number of carbonyl (C=O) groups is 2. The van der Waals surface area contributed by atoms with Crippen LogP contribution in [0.5, 0.6) is 0 Å². The highest BCUT2D eigenvalue weighted by Crippen LogP contribution is 2.45. The van der Waals surface area contributed by atoms with Gasteiger partial charge in [0, 0.05) is 25.0 Å². The highest BCUT2D eigenvalue weighted by atomic mass is 16.6. The number of ketones is 1. The minimum absolute atomic E-state index is 0.0770. The van der Waals surface area contributed by atoms with Gasteiger partial charge in [0.05, 0.1) is 41.4 Å². The third-order valence-corrected chi connectivity index (χ3v) is 8.40. The minimum Gasteiger partial charge on any atom is -0.458 e.